The second-order valence-electron chi connectivity index (χ2n) is 2.64. The van der Waals surface area contributed by atoms with E-state index in [1.165, 1.54) is 0 Å². The van der Waals surface area contributed by atoms with Gasteiger partial charge in [-0.15, -0.1) is 11.6 Å². The minimum Gasteiger partial charge on any atom is -0.381 e. The Bertz CT molecular complexity index is 93.6. The molecule has 3 heteroatoms. The van der Waals surface area contributed by atoms with Crippen LogP contribution in [-0.4, -0.2) is 25.8 Å². The van der Waals surface area contributed by atoms with Gasteiger partial charge in [-0.1, -0.05) is 0 Å². The van der Waals surface area contributed by atoms with Crippen LogP contribution in [0.3, 0.4) is 0 Å². The highest BCUT2D eigenvalue weighted by Crippen LogP contribution is 2.20. The molecule has 0 aromatic heterocycles. The highest BCUT2D eigenvalue weighted by Gasteiger charge is 2.20. The van der Waals surface area contributed by atoms with E-state index in [0.29, 0.717) is 5.92 Å². The molecule has 0 aromatic rings. The van der Waals surface area contributed by atoms with Crippen LogP contribution in [0.2, 0.25) is 0 Å². The van der Waals surface area contributed by atoms with Crippen molar-refractivity contribution in [1.82, 2.24) is 5.32 Å². The van der Waals surface area contributed by atoms with Gasteiger partial charge in [0.2, 0.25) is 0 Å². The maximum Gasteiger partial charge on any atom is 0.0853 e. The van der Waals surface area contributed by atoms with E-state index in [-0.39, 0.29) is 5.50 Å². The lowest BCUT2D eigenvalue weighted by atomic mass is 10.0. The molecule has 0 aromatic carbocycles. The lowest BCUT2D eigenvalue weighted by Crippen LogP contribution is -2.32. The van der Waals surface area contributed by atoms with Crippen molar-refractivity contribution in [1.29, 1.82) is 0 Å². The molecule has 1 aliphatic heterocycles. The van der Waals surface area contributed by atoms with E-state index < -0.39 is 0 Å². The smallest absolute Gasteiger partial charge is 0.0853 e. The van der Waals surface area contributed by atoms with Crippen LogP contribution in [0.5, 0.6) is 0 Å². The maximum atomic E-state index is 5.98. The van der Waals surface area contributed by atoms with Crippen molar-refractivity contribution in [3.05, 3.63) is 0 Å². The van der Waals surface area contributed by atoms with Gasteiger partial charge in [-0.2, -0.15) is 0 Å². The van der Waals surface area contributed by atoms with E-state index >= 15 is 0 Å². The van der Waals surface area contributed by atoms with E-state index in [4.69, 9.17) is 16.3 Å². The molecular weight excluding hydrogens is 150 g/mol. The summed E-state index contributed by atoms with van der Waals surface area (Å²) in [7, 11) is 1.90. The van der Waals surface area contributed by atoms with Crippen molar-refractivity contribution in [3.63, 3.8) is 0 Å². The van der Waals surface area contributed by atoms with Gasteiger partial charge in [0, 0.05) is 13.2 Å². The predicted molar refractivity (Wildman–Crippen MR) is 42.2 cm³/mol. The van der Waals surface area contributed by atoms with Crippen molar-refractivity contribution in [2.45, 2.75) is 18.3 Å². The zero-order chi connectivity index (χ0) is 7.40. The molecule has 10 heavy (non-hydrogen) atoms. The van der Waals surface area contributed by atoms with E-state index in [9.17, 15) is 0 Å². The van der Waals surface area contributed by atoms with E-state index in [0.717, 1.165) is 26.1 Å². The predicted octanol–water partition coefficient (Wildman–Crippen LogP) is 1.20. The second-order valence-corrected chi connectivity index (χ2v) is 3.11. The van der Waals surface area contributed by atoms with Crippen LogP contribution in [0, 0.1) is 5.92 Å². The van der Waals surface area contributed by atoms with Gasteiger partial charge in [0.1, 0.15) is 0 Å². The number of alkyl halides is 1. The van der Waals surface area contributed by atoms with Crippen LogP contribution in [0.15, 0.2) is 0 Å². The molecule has 0 amide bonds. The standard InChI is InChI=1S/C7H14ClNO/c1-9-7(8)6-2-4-10-5-3-6/h6-7,9H,2-5H2,1H3. The maximum absolute atomic E-state index is 5.98. The Balaban J connectivity index is 2.24. The van der Waals surface area contributed by atoms with Gasteiger partial charge in [0.05, 0.1) is 5.50 Å². The van der Waals surface area contributed by atoms with Crippen molar-refractivity contribution in [2.75, 3.05) is 20.3 Å². The summed E-state index contributed by atoms with van der Waals surface area (Å²) < 4.78 is 5.21. The average molecular weight is 164 g/mol. The summed E-state index contributed by atoms with van der Waals surface area (Å²) in [6, 6.07) is 0. The first-order valence-electron chi connectivity index (χ1n) is 3.73. The molecule has 1 atom stereocenters. The van der Waals surface area contributed by atoms with Crippen LogP contribution in [0.25, 0.3) is 0 Å². The molecule has 1 unspecified atom stereocenters. The molecule has 0 aliphatic carbocycles. The Morgan fingerprint density at radius 1 is 1.50 bits per heavy atom. The monoisotopic (exact) mass is 163 g/mol. The van der Waals surface area contributed by atoms with Crippen LogP contribution >= 0.6 is 11.6 Å². The van der Waals surface area contributed by atoms with E-state index in [1.807, 2.05) is 7.05 Å². The fourth-order valence-electron chi connectivity index (χ4n) is 1.24. The Labute approximate surface area is 66.9 Å². The molecule has 1 heterocycles. The van der Waals surface area contributed by atoms with Crippen molar-refractivity contribution >= 4 is 11.6 Å². The molecule has 1 N–H and O–H groups in total. The summed E-state index contributed by atoms with van der Waals surface area (Å²) in [6.07, 6.45) is 2.18. The van der Waals surface area contributed by atoms with E-state index in [1.54, 1.807) is 0 Å². The van der Waals surface area contributed by atoms with Gasteiger partial charge in [0.25, 0.3) is 0 Å². The normalized spacial score (nSPS) is 24.6. The summed E-state index contributed by atoms with van der Waals surface area (Å²) in [5, 5.41) is 3.04. The lowest BCUT2D eigenvalue weighted by molar-refractivity contribution is 0.0631. The zero-order valence-electron chi connectivity index (χ0n) is 6.27. The number of nitrogens with one attached hydrogen (secondary N) is 1. The van der Waals surface area contributed by atoms with Crippen LogP contribution in [0.4, 0.5) is 0 Å². The molecule has 2 nitrogen and oxygen atoms in total. The van der Waals surface area contributed by atoms with E-state index in [2.05, 4.69) is 5.32 Å². The Morgan fingerprint density at radius 2 is 2.10 bits per heavy atom. The number of ether oxygens (including phenoxy) is 1. The lowest BCUT2D eigenvalue weighted by Gasteiger charge is -2.25. The SMILES string of the molecule is CNC(Cl)C1CCOCC1. The second kappa shape index (κ2) is 4.16. The molecule has 0 radical (unpaired) electrons. The summed E-state index contributed by atoms with van der Waals surface area (Å²) >= 11 is 5.98. The van der Waals surface area contributed by atoms with Gasteiger partial charge in [-0.05, 0) is 25.8 Å². The third-order valence-electron chi connectivity index (χ3n) is 1.96. The van der Waals surface area contributed by atoms with Gasteiger partial charge in [-0.25, -0.2) is 0 Å². The summed E-state index contributed by atoms with van der Waals surface area (Å²) in [5.41, 5.74) is 0.129. The molecule has 1 rings (SSSR count). The number of rotatable bonds is 2. The van der Waals surface area contributed by atoms with Gasteiger partial charge in [0.15, 0.2) is 0 Å². The Morgan fingerprint density at radius 3 is 2.60 bits per heavy atom. The Kier molecular flexibility index (Phi) is 3.46. The highest BCUT2D eigenvalue weighted by molar-refractivity contribution is 6.20. The quantitative estimate of drug-likeness (QED) is 0.488. The molecule has 0 saturated carbocycles. The number of halogens is 1. The van der Waals surface area contributed by atoms with Crippen molar-refractivity contribution in [2.24, 2.45) is 5.92 Å². The Hall–Kier alpha value is 0.210. The average Bonchev–Trinajstić information content (AvgIpc) is 2.05. The summed E-state index contributed by atoms with van der Waals surface area (Å²) in [4.78, 5) is 0. The minimum atomic E-state index is 0.129. The number of hydrogen-bond donors (Lipinski definition) is 1. The van der Waals surface area contributed by atoms with Crippen LogP contribution in [0.1, 0.15) is 12.8 Å². The number of hydrogen-bond acceptors (Lipinski definition) is 2. The van der Waals surface area contributed by atoms with Gasteiger partial charge in [-0.3, -0.25) is 0 Å². The first-order valence-corrected chi connectivity index (χ1v) is 4.17. The van der Waals surface area contributed by atoms with Crippen molar-refractivity contribution in [3.8, 4) is 0 Å². The zero-order valence-corrected chi connectivity index (χ0v) is 7.03. The fraction of sp³-hybridized carbons (Fsp3) is 1.00. The first kappa shape index (κ1) is 8.31. The molecule has 1 aliphatic rings. The third-order valence-corrected chi connectivity index (χ3v) is 2.53. The summed E-state index contributed by atoms with van der Waals surface area (Å²) in [5.74, 6) is 0.598. The summed E-state index contributed by atoms with van der Waals surface area (Å²) in [6.45, 7) is 1.74. The molecule has 60 valence electrons. The largest absolute Gasteiger partial charge is 0.381 e. The third kappa shape index (κ3) is 2.11. The van der Waals surface area contributed by atoms with Crippen LogP contribution < -0.4 is 5.32 Å². The first-order chi connectivity index (χ1) is 4.84. The van der Waals surface area contributed by atoms with Crippen molar-refractivity contribution < 1.29 is 4.74 Å². The molecular formula is C7H14ClNO. The molecule has 0 bridgehead atoms. The molecule has 1 saturated heterocycles. The van der Waals surface area contributed by atoms with Gasteiger partial charge >= 0.3 is 0 Å². The van der Waals surface area contributed by atoms with Crippen LogP contribution in [-0.2, 0) is 4.74 Å². The minimum absolute atomic E-state index is 0.129. The molecule has 0 spiro atoms. The van der Waals surface area contributed by atoms with Gasteiger partial charge < -0.3 is 10.1 Å². The fourth-order valence-corrected chi connectivity index (χ4v) is 1.50. The molecule has 1 fully saturated rings. The highest BCUT2D eigenvalue weighted by atomic mass is 35.5. The topological polar surface area (TPSA) is 21.3 Å².